The van der Waals surface area contributed by atoms with E-state index in [1.54, 1.807) is 0 Å². The molecule has 19 heavy (non-hydrogen) atoms. The molecular weight excluding hydrogens is 234 g/mol. The minimum Gasteiger partial charge on any atom is -0.369 e. The number of rotatable bonds is 7. The van der Waals surface area contributed by atoms with Crippen molar-refractivity contribution in [3.05, 3.63) is 24.0 Å². The topological polar surface area (TPSA) is 28.2 Å². The summed E-state index contributed by atoms with van der Waals surface area (Å²) in [6, 6.07) is 2.11. The van der Waals surface area contributed by atoms with Crippen molar-refractivity contribution >= 4 is 5.69 Å². The molecule has 1 aromatic rings. The first-order valence-electron chi connectivity index (χ1n) is 7.26. The molecule has 108 valence electrons. The van der Waals surface area contributed by atoms with E-state index in [1.807, 2.05) is 12.4 Å². The minimum absolute atomic E-state index is 0.161. The van der Waals surface area contributed by atoms with Gasteiger partial charge in [-0.3, -0.25) is 4.98 Å². The van der Waals surface area contributed by atoms with Crippen molar-refractivity contribution in [2.24, 2.45) is 5.92 Å². The molecule has 0 radical (unpaired) electrons. The van der Waals surface area contributed by atoms with Gasteiger partial charge in [0, 0.05) is 42.8 Å². The van der Waals surface area contributed by atoms with Crippen LogP contribution in [0.25, 0.3) is 0 Å². The number of nitrogens with one attached hydrogen (secondary N) is 1. The second kappa shape index (κ2) is 6.90. The van der Waals surface area contributed by atoms with Crippen molar-refractivity contribution in [3.8, 4) is 0 Å². The molecule has 0 aliphatic carbocycles. The molecule has 0 saturated carbocycles. The van der Waals surface area contributed by atoms with Gasteiger partial charge in [0.05, 0.1) is 0 Å². The first-order chi connectivity index (χ1) is 8.88. The molecule has 3 heteroatoms. The summed E-state index contributed by atoms with van der Waals surface area (Å²) in [5.74, 6) is 0.671. The van der Waals surface area contributed by atoms with Crippen molar-refractivity contribution in [1.29, 1.82) is 0 Å². The zero-order chi connectivity index (χ0) is 14.5. The fourth-order valence-corrected chi connectivity index (χ4v) is 1.94. The number of hydrogen-bond acceptors (Lipinski definition) is 3. The summed E-state index contributed by atoms with van der Waals surface area (Å²) in [5, 5.41) is 3.50. The van der Waals surface area contributed by atoms with E-state index >= 15 is 0 Å². The van der Waals surface area contributed by atoms with Gasteiger partial charge in [-0.25, -0.2) is 0 Å². The van der Waals surface area contributed by atoms with Gasteiger partial charge in [0.2, 0.25) is 0 Å². The van der Waals surface area contributed by atoms with E-state index in [2.05, 4.69) is 62.9 Å². The number of pyridine rings is 1. The van der Waals surface area contributed by atoms with Crippen molar-refractivity contribution in [2.75, 3.05) is 18.5 Å². The summed E-state index contributed by atoms with van der Waals surface area (Å²) >= 11 is 0. The average molecular weight is 263 g/mol. The smallest absolute Gasteiger partial charge is 0.0444 e. The van der Waals surface area contributed by atoms with Crippen LogP contribution < -0.4 is 10.2 Å². The Morgan fingerprint density at radius 1 is 1.37 bits per heavy atom. The van der Waals surface area contributed by atoms with Gasteiger partial charge < -0.3 is 10.2 Å². The summed E-state index contributed by atoms with van der Waals surface area (Å²) in [6.45, 7) is 13.2. The first-order valence-corrected chi connectivity index (χ1v) is 7.26. The van der Waals surface area contributed by atoms with Crippen LogP contribution in [0, 0.1) is 5.92 Å². The lowest BCUT2D eigenvalue weighted by atomic mass is 9.98. The SMILES string of the molecule is CCC(C)(C)N(C)c1ccncc1CNCC(C)C. The van der Waals surface area contributed by atoms with Crippen molar-refractivity contribution in [1.82, 2.24) is 10.3 Å². The van der Waals surface area contributed by atoms with Crippen LogP contribution >= 0.6 is 0 Å². The molecule has 1 aromatic heterocycles. The quantitative estimate of drug-likeness (QED) is 0.816. The molecule has 0 spiro atoms. The molecule has 0 unspecified atom stereocenters. The Morgan fingerprint density at radius 2 is 2.05 bits per heavy atom. The van der Waals surface area contributed by atoms with Gasteiger partial charge in [0.25, 0.3) is 0 Å². The molecule has 0 saturated heterocycles. The standard InChI is InChI=1S/C16H29N3/c1-7-16(4,5)19(6)15-8-9-17-11-14(15)12-18-10-13(2)3/h8-9,11,13,18H,7,10,12H2,1-6H3. The summed E-state index contributed by atoms with van der Waals surface area (Å²) in [4.78, 5) is 6.63. The van der Waals surface area contributed by atoms with E-state index in [0.717, 1.165) is 19.5 Å². The van der Waals surface area contributed by atoms with Crippen LogP contribution in [-0.2, 0) is 6.54 Å². The third-order valence-corrected chi connectivity index (χ3v) is 3.88. The normalized spacial score (nSPS) is 11.9. The largest absolute Gasteiger partial charge is 0.369 e. The van der Waals surface area contributed by atoms with E-state index < -0.39 is 0 Å². The van der Waals surface area contributed by atoms with E-state index in [9.17, 15) is 0 Å². The molecule has 0 fully saturated rings. The number of hydrogen-bond donors (Lipinski definition) is 1. The van der Waals surface area contributed by atoms with Crippen LogP contribution in [-0.4, -0.2) is 24.1 Å². The molecule has 1 N–H and O–H groups in total. The maximum absolute atomic E-state index is 4.27. The van der Waals surface area contributed by atoms with Gasteiger partial charge in [-0.2, -0.15) is 0 Å². The van der Waals surface area contributed by atoms with Gasteiger partial charge in [-0.1, -0.05) is 20.8 Å². The molecule has 0 amide bonds. The lowest BCUT2D eigenvalue weighted by Gasteiger charge is -2.38. The van der Waals surface area contributed by atoms with Crippen LogP contribution in [0.15, 0.2) is 18.5 Å². The van der Waals surface area contributed by atoms with Crippen LogP contribution in [0.3, 0.4) is 0 Å². The highest BCUT2D eigenvalue weighted by Crippen LogP contribution is 2.27. The molecule has 3 nitrogen and oxygen atoms in total. The summed E-state index contributed by atoms with van der Waals surface area (Å²) in [6.07, 6.45) is 4.97. The predicted octanol–water partition coefficient (Wildman–Crippen LogP) is 3.45. The van der Waals surface area contributed by atoms with E-state index in [4.69, 9.17) is 0 Å². The Kier molecular flexibility index (Phi) is 5.80. The Bertz CT molecular complexity index is 385. The van der Waals surface area contributed by atoms with Crippen LogP contribution in [0.2, 0.25) is 0 Å². The number of anilines is 1. The molecular formula is C16H29N3. The van der Waals surface area contributed by atoms with Gasteiger partial charge in [-0.05, 0) is 38.8 Å². The van der Waals surface area contributed by atoms with Crippen LogP contribution in [0.4, 0.5) is 5.69 Å². The second-order valence-electron chi connectivity index (χ2n) is 6.25. The molecule has 0 aliphatic heterocycles. The zero-order valence-corrected chi connectivity index (χ0v) is 13.3. The summed E-state index contributed by atoms with van der Waals surface area (Å²) in [7, 11) is 2.17. The predicted molar refractivity (Wildman–Crippen MR) is 83.6 cm³/mol. The highest BCUT2D eigenvalue weighted by atomic mass is 15.2. The van der Waals surface area contributed by atoms with Gasteiger partial charge >= 0.3 is 0 Å². The zero-order valence-electron chi connectivity index (χ0n) is 13.3. The van der Waals surface area contributed by atoms with Gasteiger partial charge in [0.1, 0.15) is 0 Å². The molecule has 1 rings (SSSR count). The molecule has 1 heterocycles. The van der Waals surface area contributed by atoms with E-state index in [-0.39, 0.29) is 5.54 Å². The Morgan fingerprint density at radius 3 is 2.63 bits per heavy atom. The highest BCUT2D eigenvalue weighted by Gasteiger charge is 2.23. The second-order valence-corrected chi connectivity index (χ2v) is 6.25. The third-order valence-electron chi connectivity index (χ3n) is 3.88. The maximum Gasteiger partial charge on any atom is 0.0444 e. The molecule has 0 aromatic carbocycles. The maximum atomic E-state index is 4.27. The Labute approximate surface area is 118 Å². The number of nitrogens with zero attached hydrogens (tertiary/aromatic N) is 2. The van der Waals surface area contributed by atoms with E-state index in [0.29, 0.717) is 5.92 Å². The van der Waals surface area contributed by atoms with E-state index in [1.165, 1.54) is 11.3 Å². The molecule has 0 bridgehead atoms. The third kappa shape index (κ3) is 4.50. The molecule has 0 atom stereocenters. The van der Waals surface area contributed by atoms with Gasteiger partial charge in [-0.15, -0.1) is 0 Å². The summed E-state index contributed by atoms with van der Waals surface area (Å²) < 4.78 is 0. The lowest BCUT2D eigenvalue weighted by Crippen LogP contribution is -2.41. The monoisotopic (exact) mass is 263 g/mol. The van der Waals surface area contributed by atoms with Crippen molar-refractivity contribution in [3.63, 3.8) is 0 Å². The van der Waals surface area contributed by atoms with Gasteiger partial charge in [0.15, 0.2) is 0 Å². The fourth-order valence-electron chi connectivity index (χ4n) is 1.94. The van der Waals surface area contributed by atoms with Crippen LogP contribution in [0.5, 0.6) is 0 Å². The first kappa shape index (κ1) is 16.0. The Hall–Kier alpha value is -1.09. The minimum atomic E-state index is 0.161. The fraction of sp³-hybridized carbons (Fsp3) is 0.688. The average Bonchev–Trinajstić information content (AvgIpc) is 2.38. The van der Waals surface area contributed by atoms with Crippen molar-refractivity contribution < 1.29 is 0 Å². The summed E-state index contributed by atoms with van der Waals surface area (Å²) in [5.41, 5.74) is 2.71. The van der Waals surface area contributed by atoms with Crippen LogP contribution in [0.1, 0.15) is 46.6 Å². The number of aromatic nitrogens is 1. The lowest BCUT2D eigenvalue weighted by molar-refractivity contribution is 0.468. The Balaban J connectivity index is 2.83. The molecule has 0 aliphatic rings. The highest BCUT2D eigenvalue weighted by molar-refractivity contribution is 5.53. The van der Waals surface area contributed by atoms with Crippen molar-refractivity contribution in [2.45, 2.75) is 53.1 Å².